The lowest BCUT2D eigenvalue weighted by Gasteiger charge is -2.48. The van der Waals surface area contributed by atoms with E-state index in [4.69, 9.17) is 57.4 Å². The number of halogens is 2. The van der Waals surface area contributed by atoms with Gasteiger partial charge in [0.05, 0.1) is 53.2 Å². The Kier molecular flexibility index (Phi) is 32.5. The monoisotopic (exact) mass is 1770 g/mol. The Morgan fingerprint density at radius 2 is 1.33 bits per heavy atom. The number of ether oxygens (including phenoxy) is 6. The van der Waals surface area contributed by atoms with Gasteiger partial charge in [0.2, 0.25) is 53.4 Å². The number of primary amides is 1. The Morgan fingerprint density at radius 3 is 1.93 bits per heavy atom. The maximum absolute atomic E-state index is 16.3. The fraction of sp³-hybridized carbons (Fsp3) is 0.525. The molecule has 2 saturated heterocycles. The topological polar surface area (TPSA) is 586 Å². The number of phenols is 3. The van der Waals surface area contributed by atoms with Gasteiger partial charge in [-0.2, -0.15) is 11.8 Å². The molecule has 2 fully saturated rings. The Labute approximate surface area is 710 Å². The molecule has 0 unspecified atom stereocenters. The lowest BCUT2D eigenvalue weighted by molar-refractivity contribution is -0.334. The van der Waals surface area contributed by atoms with Crippen molar-refractivity contribution in [2.24, 2.45) is 11.7 Å². The van der Waals surface area contributed by atoms with E-state index in [1.807, 2.05) is 13.8 Å². The summed E-state index contributed by atoms with van der Waals surface area (Å²) >= 11 is 16.1. The average molecular weight is 1770 g/mol. The number of likely N-dealkylation sites (N-methyl/N-ethyl adjacent to an activating group) is 1. The first kappa shape index (κ1) is 94.5. The Hall–Kier alpha value is -8.74. The number of aromatic hydroxyl groups is 3. The van der Waals surface area contributed by atoms with Crippen molar-refractivity contribution in [1.82, 2.24) is 47.9 Å². The van der Waals surface area contributed by atoms with Crippen LogP contribution in [0.1, 0.15) is 169 Å². The van der Waals surface area contributed by atoms with Gasteiger partial charge in [0, 0.05) is 47.5 Å². The number of nitrogens with two attached hydrogens (primary N) is 1. The number of aliphatic hydroxyl groups excluding tert-OH is 6. The second kappa shape index (κ2) is 41.6. The van der Waals surface area contributed by atoms with Crippen molar-refractivity contribution < 1.29 is 132 Å². The number of carboxylic acids is 1. The van der Waals surface area contributed by atoms with Gasteiger partial charge in [0.25, 0.3) is 0 Å². The van der Waals surface area contributed by atoms with Crippen LogP contribution in [0.25, 0.3) is 11.1 Å². The molecule has 7 aliphatic heterocycles. The van der Waals surface area contributed by atoms with Crippen molar-refractivity contribution in [2.75, 3.05) is 38.0 Å². The minimum atomic E-state index is -4.85. The number of unbranched alkanes of at least 4 members (excludes halogenated alkanes) is 7. The summed E-state index contributed by atoms with van der Waals surface area (Å²) < 4.78 is 51.5. The van der Waals surface area contributed by atoms with Crippen molar-refractivity contribution >= 4 is 89.9 Å². The van der Waals surface area contributed by atoms with Gasteiger partial charge in [-0.15, -0.1) is 0 Å². The summed E-state index contributed by atoms with van der Waals surface area (Å²) in [5.41, 5.74) is 0.587. The Morgan fingerprint density at radius 1 is 0.719 bits per heavy atom. The van der Waals surface area contributed by atoms with Gasteiger partial charge in [0.1, 0.15) is 89.5 Å². The first-order valence-electron chi connectivity index (χ1n) is 39.6. The minimum absolute atomic E-state index is 0.112. The number of carbonyl (C=O) groups excluding carboxylic acids is 7. The van der Waals surface area contributed by atoms with Crippen molar-refractivity contribution in [1.29, 1.82) is 0 Å². The lowest BCUT2D eigenvalue weighted by Crippen LogP contribution is -2.65. The number of hydrogen-bond acceptors (Lipinski definition) is 28. The molecule has 0 aromatic heterocycles. The number of amides is 7. The van der Waals surface area contributed by atoms with Crippen molar-refractivity contribution in [3.63, 3.8) is 0 Å². The molecule has 7 aliphatic rings. The molecule has 12 rings (SSSR count). The predicted octanol–water partition coefficient (Wildman–Crippen LogP) is 3.84. The largest absolute Gasteiger partial charge is 0.507 e. The number of carbonyl (C=O) groups is 8. The third kappa shape index (κ3) is 23.2. The number of carboxylic acid groups (broad SMARTS) is 1. The SMILES string of the molecule is CCCCCCCCCCSCCN[C@@]1(C)C[C@H](O[C@H]2[C@H](Oc3c4cc5cc3Oc3ccc(cc3Cl)[C@@H](O)[C@@H](NC(=O)[C@@H](CC(C)C)NC)C(=O)N[C@@H](CC(N)=O)C(=O)N[C@H]5C(=O)N[C@H]3C(=O)N[C@H](C(=O)N[C@H](C(=O)O)c5cc(O)c(CNCP(=O)(O)O)c(O)c5-c5cc3ccc5O)[C@H](O)c3ccc(c(Cl)c3)O4)O[C@H](CO)[C@@H](O)[C@@H]2O)O[C@@H](C)[C@H]1O. The number of aliphatic hydroxyl groups is 6. The van der Waals surface area contributed by atoms with E-state index in [1.54, 1.807) is 25.6 Å². The highest BCUT2D eigenvalue weighted by atomic mass is 35.5. The first-order valence-corrected chi connectivity index (χ1v) is 43.3. The number of thioether (sulfide) groups is 1. The maximum atomic E-state index is 16.3. The molecule has 7 heterocycles. The van der Waals surface area contributed by atoms with Gasteiger partial charge in [-0.05, 0) is 122 Å². The molecule has 7 amide bonds. The number of fused-ring (bicyclic) bond motifs is 15. The minimum Gasteiger partial charge on any atom is -0.507 e. The van der Waals surface area contributed by atoms with Crippen LogP contribution >= 0.6 is 42.6 Å². The average Bonchev–Trinajstić information content (AvgIpc) is 1.36. The van der Waals surface area contributed by atoms with E-state index in [2.05, 4.69) is 54.8 Å². The summed E-state index contributed by atoms with van der Waals surface area (Å²) in [5, 5.41) is 141. The second-order valence-corrected chi connectivity index (χ2v) is 34.8. The number of benzene rings is 5. The van der Waals surface area contributed by atoms with E-state index in [9.17, 15) is 79.8 Å². The Balaban J connectivity index is 1.17. The zero-order chi connectivity index (χ0) is 88.2. The van der Waals surface area contributed by atoms with Crippen molar-refractivity contribution in [3.8, 4) is 57.1 Å². The van der Waals surface area contributed by atoms with E-state index in [-0.39, 0.29) is 40.7 Å². The van der Waals surface area contributed by atoms with Crippen LogP contribution in [0.4, 0.5) is 0 Å². The van der Waals surface area contributed by atoms with Gasteiger partial charge in [-0.1, -0.05) is 107 Å². The maximum Gasteiger partial charge on any atom is 0.339 e. The molecule has 37 nitrogen and oxygen atoms in total. The first-order chi connectivity index (χ1) is 57.3. The van der Waals surface area contributed by atoms with Crippen LogP contribution in [0, 0.1) is 5.92 Å². The van der Waals surface area contributed by atoms with Crippen LogP contribution in [0.15, 0.2) is 72.8 Å². The van der Waals surface area contributed by atoms with Gasteiger partial charge in [-0.3, -0.25) is 38.1 Å². The molecule has 5 aromatic rings. The number of nitrogens with one attached hydrogen (secondary N) is 9. The number of hydrogen-bond donors (Lipinski definition) is 22. The summed E-state index contributed by atoms with van der Waals surface area (Å²) in [7, 11) is -3.38. The highest BCUT2D eigenvalue weighted by Crippen LogP contribution is 2.51. The highest BCUT2D eigenvalue weighted by molar-refractivity contribution is 7.99. The van der Waals surface area contributed by atoms with Crippen LogP contribution < -0.4 is 67.8 Å². The quantitative estimate of drug-likeness (QED) is 0.0229. The van der Waals surface area contributed by atoms with Gasteiger partial charge < -0.3 is 143 Å². The van der Waals surface area contributed by atoms with E-state index < -0.39 is 269 Å². The normalized spacial score (nSPS) is 26.7. The molecule has 18 atom stereocenters. The van der Waals surface area contributed by atoms with Crippen LogP contribution in [0.3, 0.4) is 0 Å². The molecule has 23 N–H and O–H groups in total. The smallest absolute Gasteiger partial charge is 0.339 e. The summed E-state index contributed by atoms with van der Waals surface area (Å²) in [6, 6.07) is -2.35. The number of phenolic OH excluding ortho intramolecular Hbond substituents is 3. The van der Waals surface area contributed by atoms with E-state index in [0.717, 1.165) is 85.7 Å². The molecule has 121 heavy (non-hydrogen) atoms. The zero-order valence-electron chi connectivity index (χ0n) is 67.0. The van der Waals surface area contributed by atoms with Crippen molar-refractivity contribution in [2.45, 2.75) is 221 Å². The molecule has 0 spiro atoms. The lowest BCUT2D eigenvalue weighted by atomic mass is 9.85. The van der Waals surface area contributed by atoms with Gasteiger partial charge >= 0.3 is 13.6 Å². The third-order valence-corrected chi connectivity index (χ3v) is 23.8. The van der Waals surface area contributed by atoms with Crippen molar-refractivity contribution in [3.05, 3.63) is 116 Å². The number of aliphatic carboxylic acids is 1. The summed E-state index contributed by atoms with van der Waals surface area (Å²) in [4.78, 5) is 138. The standard InChI is InChI=1S/C80H105Cl2N10O27PS/c1-7-8-9-10-11-12-13-14-22-121-23-21-86-80(5)32-57(114-37(4)71(80)102)118-70-68(101)67(100)55(34-93)117-79(70)119-69-53-28-41-29-54(69)116-52-20-17-40(27-46(52)82)65(98)63-77(108)90-61(78(109)110)43-30-50(95)44(33-85-35-120(111,112)113)66(99)58(43)42-25-38(15-18-49(42)94)59(74(105)92-63)89-75(106)60(41)88-73(104)48(31-56(83)96)87-76(107)62(91-72(103)47(84-6)24-36(2)3)64(97)39-16-19-51(115-53)45(81)26-39/h15-20,25-30,36-37,47-48,55,57,59-65,67-68,70-71,79,84-86,93-95,97-102H,7-14,21-24,31-35H2,1-6H3,(H2,83,96)(H,87,107)(H,88,104)(H,89,106)(H,90,108)(H,91,103)(H,92,105)(H,109,110)(H2,111,112,113)/t37-,47+,48-,55+,57-,59+,60+,61-,62+,63-,64+,65+,67+,68-,70+,71+,79-,80-/m0/s1. The molecule has 0 radical (unpaired) electrons. The molecule has 41 heteroatoms. The fourth-order valence-corrected chi connectivity index (χ4v) is 16.8. The Bertz CT molecular complexity index is 4650. The van der Waals surface area contributed by atoms with Crippen LogP contribution in [0.2, 0.25) is 10.0 Å². The summed E-state index contributed by atoms with van der Waals surface area (Å²) in [6.07, 6.45) is -10.3. The third-order valence-electron chi connectivity index (χ3n) is 21.6. The van der Waals surface area contributed by atoms with E-state index in [1.165, 1.54) is 51.3 Å². The molecular weight excluding hydrogens is 1670 g/mol. The van der Waals surface area contributed by atoms with Gasteiger partial charge in [0.15, 0.2) is 29.9 Å². The molecular formula is C80H105Cl2N10O27PS. The van der Waals surface area contributed by atoms with Crippen LogP contribution in [-0.2, 0) is 63.7 Å². The van der Waals surface area contributed by atoms with E-state index in [0.29, 0.717) is 12.3 Å². The zero-order valence-corrected chi connectivity index (χ0v) is 70.2. The molecule has 662 valence electrons. The molecule has 0 aliphatic carbocycles. The molecule has 0 saturated carbocycles. The van der Waals surface area contributed by atoms with Gasteiger partial charge in [-0.25, -0.2) is 4.79 Å². The van der Waals surface area contributed by atoms with Crippen LogP contribution in [-0.4, -0.2) is 225 Å². The second-order valence-electron chi connectivity index (χ2n) is 31.1. The van der Waals surface area contributed by atoms with E-state index >= 15 is 24.0 Å². The summed E-state index contributed by atoms with van der Waals surface area (Å²) in [5.74, 6) is -15.4. The molecule has 5 aromatic carbocycles. The molecule has 11 bridgehead atoms. The van der Waals surface area contributed by atoms with Crippen LogP contribution in [0.5, 0.6) is 46.0 Å². The number of rotatable bonds is 30. The summed E-state index contributed by atoms with van der Waals surface area (Å²) in [6.45, 7) is 7.84. The predicted molar refractivity (Wildman–Crippen MR) is 437 cm³/mol. The highest BCUT2D eigenvalue weighted by Gasteiger charge is 2.52. The fourth-order valence-electron chi connectivity index (χ4n) is 15.1.